The largest absolute Gasteiger partial charge is 0.396 e. The van der Waals surface area contributed by atoms with Crippen LogP contribution < -0.4 is 0 Å². The third kappa shape index (κ3) is 6.58. The van der Waals surface area contributed by atoms with Gasteiger partial charge in [0.05, 0.1) is 6.10 Å². The fourth-order valence-corrected chi connectivity index (χ4v) is 2.18. The zero-order chi connectivity index (χ0) is 16.2. The molecular formula is C18H38O2. The highest BCUT2D eigenvalue weighted by molar-refractivity contribution is 4.81. The van der Waals surface area contributed by atoms with E-state index >= 15 is 0 Å². The summed E-state index contributed by atoms with van der Waals surface area (Å²) in [6, 6.07) is 0. The summed E-state index contributed by atoms with van der Waals surface area (Å²) in [5, 5.41) is 18.2. The molecule has 0 atom stereocenters. The lowest BCUT2D eigenvalue weighted by Crippen LogP contribution is -2.32. The van der Waals surface area contributed by atoms with Crippen LogP contribution >= 0.6 is 0 Å². The molecule has 1 aliphatic carbocycles. The Morgan fingerprint density at radius 1 is 0.800 bits per heavy atom. The standard InChI is InChI=1S/C10H20O.C8H18O/c1-10(2,3)8-4-6-9(11)7-5-8;1-7(2,3)8(4,5)6-9/h8-9,11H,4-7H2,1-3H3;9H,6H2,1-5H3. The van der Waals surface area contributed by atoms with Crippen LogP contribution in [0.1, 0.15) is 81.1 Å². The quantitative estimate of drug-likeness (QED) is 0.737. The van der Waals surface area contributed by atoms with Crippen molar-refractivity contribution in [2.75, 3.05) is 6.61 Å². The summed E-state index contributed by atoms with van der Waals surface area (Å²) in [6.45, 7) is 17.7. The first-order chi connectivity index (χ1) is 8.81. The van der Waals surface area contributed by atoms with Gasteiger partial charge in [-0.3, -0.25) is 0 Å². The van der Waals surface area contributed by atoms with Crippen molar-refractivity contribution in [1.82, 2.24) is 0 Å². The molecule has 0 aromatic rings. The lowest BCUT2D eigenvalue weighted by Gasteiger charge is -2.36. The van der Waals surface area contributed by atoms with Gasteiger partial charge in [-0.05, 0) is 47.8 Å². The summed E-state index contributed by atoms with van der Waals surface area (Å²) in [4.78, 5) is 0. The monoisotopic (exact) mass is 286 g/mol. The first-order valence-electron chi connectivity index (χ1n) is 8.10. The van der Waals surface area contributed by atoms with Crippen LogP contribution in [0.15, 0.2) is 0 Å². The zero-order valence-corrected chi connectivity index (χ0v) is 15.1. The van der Waals surface area contributed by atoms with E-state index in [0.717, 1.165) is 18.8 Å². The van der Waals surface area contributed by atoms with E-state index in [0.29, 0.717) is 5.41 Å². The Morgan fingerprint density at radius 3 is 1.40 bits per heavy atom. The Morgan fingerprint density at radius 2 is 1.20 bits per heavy atom. The maximum absolute atomic E-state index is 9.29. The molecule has 0 aromatic carbocycles. The van der Waals surface area contributed by atoms with Crippen molar-refractivity contribution in [3.63, 3.8) is 0 Å². The van der Waals surface area contributed by atoms with Crippen molar-refractivity contribution in [2.45, 2.75) is 87.2 Å². The maximum atomic E-state index is 9.29. The molecule has 0 aromatic heterocycles. The SMILES string of the molecule is CC(C)(C)C(C)(C)CO.CC(C)(C)C1CCC(O)CC1. The van der Waals surface area contributed by atoms with Gasteiger partial charge in [0.1, 0.15) is 0 Å². The zero-order valence-electron chi connectivity index (χ0n) is 15.1. The van der Waals surface area contributed by atoms with Gasteiger partial charge in [0.15, 0.2) is 0 Å². The molecule has 2 nitrogen and oxygen atoms in total. The molecule has 2 heteroatoms. The molecule has 122 valence electrons. The number of rotatable bonds is 1. The van der Waals surface area contributed by atoms with Gasteiger partial charge < -0.3 is 10.2 Å². The third-order valence-corrected chi connectivity index (χ3v) is 5.35. The van der Waals surface area contributed by atoms with E-state index in [9.17, 15) is 5.11 Å². The van der Waals surface area contributed by atoms with Gasteiger partial charge in [-0.25, -0.2) is 0 Å². The topological polar surface area (TPSA) is 40.5 Å². The van der Waals surface area contributed by atoms with Crippen molar-refractivity contribution in [1.29, 1.82) is 0 Å². The van der Waals surface area contributed by atoms with E-state index in [1.165, 1.54) is 12.8 Å². The average Bonchev–Trinajstić information content (AvgIpc) is 2.27. The van der Waals surface area contributed by atoms with Crippen molar-refractivity contribution in [2.24, 2.45) is 22.2 Å². The van der Waals surface area contributed by atoms with Crippen molar-refractivity contribution >= 4 is 0 Å². The van der Waals surface area contributed by atoms with Crippen LogP contribution in [0.4, 0.5) is 0 Å². The minimum atomic E-state index is -0.00593. The summed E-state index contributed by atoms with van der Waals surface area (Å²) >= 11 is 0. The summed E-state index contributed by atoms with van der Waals surface area (Å²) in [7, 11) is 0. The fourth-order valence-electron chi connectivity index (χ4n) is 2.18. The van der Waals surface area contributed by atoms with Crippen molar-refractivity contribution in [3.05, 3.63) is 0 Å². The summed E-state index contributed by atoms with van der Waals surface area (Å²) in [6.07, 6.45) is 4.45. The van der Waals surface area contributed by atoms with Crippen molar-refractivity contribution < 1.29 is 10.2 Å². The molecule has 0 spiro atoms. The van der Waals surface area contributed by atoms with Gasteiger partial charge in [-0.1, -0.05) is 55.4 Å². The summed E-state index contributed by atoms with van der Waals surface area (Å²) < 4.78 is 0. The van der Waals surface area contributed by atoms with Crippen molar-refractivity contribution in [3.8, 4) is 0 Å². The second-order valence-electron chi connectivity index (χ2n) is 9.16. The molecule has 0 bridgehead atoms. The highest BCUT2D eigenvalue weighted by Crippen LogP contribution is 2.38. The second kappa shape index (κ2) is 7.26. The van der Waals surface area contributed by atoms with E-state index in [-0.39, 0.29) is 23.5 Å². The molecule has 0 saturated heterocycles. The van der Waals surface area contributed by atoms with E-state index in [1.54, 1.807) is 0 Å². The minimum Gasteiger partial charge on any atom is -0.396 e. The Balaban J connectivity index is 0.000000370. The van der Waals surface area contributed by atoms with Crippen LogP contribution in [-0.4, -0.2) is 22.9 Å². The first-order valence-corrected chi connectivity index (χ1v) is 8.10. The van der Waals surface area contributed by atoms with Crippen LogP contribution in [0.2, 0.25) is 0 Å². The number of aliphatic hydroxyl groups excluding tert-OH is 2. The summed E-state index contributed by atoms with van der Waals surface area (Å²) in [5.41, 5.74) is 0.675. The van der Waals surface area contributed by atoms with Crippen LogP contribution in [-0.2, 0) is 0 Å². The molecule has 1 fully saturated rings. The average molecular weight is 287 g/mol. The van der Waals surface area contributed by atoms with Crippen LogP contribution in [0, 0.1) is 22.2 Å². The van der Waals surface area contributed by atoms with Gasteiger partial charge >= 0.3 is 0 Å². The second-order valence-corrected chi connectivity index (χ2v) is 9.16. The molecule has 0 heterocycles. The molecule has 0 radical (unpaired) electrons. The lowest BCUT2D eigenvalue weighted by molar-refractivity contribution is 0.0503. The van der Waals surface area contributed by atoms with Gasteiger partial charge in [-0.2, -0.15) is 0 Å². The Labute approximate surface area is 127 Å². The number of hydrogen-bond acceptors (Lipinski definition) is 2. The summed E-state index contributed by atoms with van der Waals surface area (Å²) in [5.74, 6) is 0.825. The molecule has 20 heavy (non-hydrogen) atoms. The predicted molar refractivity (Wildman–Crippen MR) is 87.7 cm³/mol. The van der Waals surface area contributed by atoms with Gasteiger partial charge in [-0.15, -0.1) is 0 Å². The van der Waals surface area contributed by atoms with Gasteiger partial charge in [0.25, 0.3) is 0 Å². The molecule has 2 N–H and O–H groups in total. The lowest BCUT2D eigenvalue weighted by atomic mass is 9.70. The van der Waals surface area contributed by atoms with Gasteiger partial charge in [0.2, 0.25) is 0 Å². The Kier molecular flexibility index (Phi) is 7.24. The smallest absolute Gasteiger partial charge is 0.0540 e. The molecule has 0 unspecified atom stereocenters. The van der Waals surface area contributed by atoms with E-state index in [4.69, 9.17) is 5.11 Å². The highest BCUT2D eigenvalue weighted by Gasteiger charge is 2.31. The highest BCUT2D eigenvalue weighted by atomic mass is 16.3. The minimum absolute atomic E-state index is 0.00593. The molecule has 0 amide bonds. The molecule has 0 aliphatic heterocycles. The number of aliphatic hydroxyl groups is 2. The van der Waals surface area contributed by atoms with E-state index in [2.05, 4.69) is 55.4 Å². The maximum Gasteiger partial charge on any atom is 0.0540 e. The Bertz CT molecular complexity index is 260. The first kappa shape index (κ1) is 19.9. The predicted octanol–water partition coefficient (Wildman–Crippen LogP) is 4.63. The van der Waals surface area contributed by atoms with Crippen LogP contribution in [0.25, 0.3) is 0 Å². The van der Waals surface area contributed by atoms with E-state index < -0.39 is 0 Å². The van der Waals surface area contributed by atoms with Gasteiger partial charge in [0, 0.05) is 6.61 Å². The fraction of sp³-hybridized carbons (Fsp3) is 1.00. The normalized spacial score (nSPS) is 24.9. The third-order valence-electron chi connectivity index (χ3n) is 5.35. The molecule has 1 saturated carbocycles. The van der Waals surface area contributed by atoms with Crippen LogP contribution in [0.5, 0.6) is 0 Å². The Hall–Kier alpha value is -0.0800. The van der Waals surface area contributed by atoms with Crippen LogP contribution in [0.3, 0.4) is 0 Å². The van der Waals surface area contributed by atoms with E-state index in [1.807, 2.05) is 0 Å². The number of hydrogen-bond donors (Lipinski definition) is 2. The molecular weight excluding hydrogens is 248 g/mol. The molecule has 1 aliphatic rings. The molecule has 1 rings (SSSR count).